The van der Waals surface area contributed by atoms with E-state index in [2.05, 4.69) is 4.98 Å². The smallest absolute Gasteiger partial charge is 0.129 e. The number of benzene rings is 1. The lowest BCUT2D eigenvalue weighted by molar-refractivity contribution is 0.0437. The van der Waals surface area contributed by atoms with Gasteiger partial charge in [0.25, 0.3) is 0 Å². The molecule has 2 aromatic rings. The van der Waals surface area contributed by atoms with Gasteiger partial charge in [-0.2, -0.15) is 0 Å². The molecule has 1 aromatic heterocycles. The molecule has 1 atom stereocenters. The highest BCUT2D eigenvalue weighted by atomic mass is 19.1. The predicted octanol–water partition coefficient (Wildman–Crippen LogP) is 2.40. The Bertz CT molecular complexity index is 534. The van der Waals surface area contributed by atoms with E-state index in [-0.39, 0.29) is 5.82 Å². The zero-order valence-electron chi connectivity index (χ0n) is 10.6. The molecule has 96 valence electrons. The van der Waals surface area contributed by atoms with E-state index in [4.69, 9.17) is 0 Å². The lowest BCUT2D eigenvalue weighted by Crippen LogP contribution is -2.24. The molecule has 4 heteroatoms. The Morgan fingerprint density at radius 1 is 1.39 bits per heavy atom. The Labute approximate surface area is 106 Å². The lowest BCUT2D eigenvalue weighted by Gasteiger charge is -2.24. The molecule has 3 nitrogen and oxygen atoms in total. The summed E-state index contributed by atoms with van der Waals surface area (Å²) in [6.07, 6.45) is 4.60. The van der Waals surface area contributed by atoms with E-state index < -0.39 is 5.60 Å². The Morgan fingerprint density at radius 2 is 2.11 bits per heavy atom. The fourth-order valence-corrected chi connectivity index (χ4v) is 2.03. The zero-order valence-corrected chi connectivity index (χ0v) is 10.6. The van der Waals surface area contributed by atoms with Gasteiger partial charge in [0.15, 0.2) is 0 Å². The number of aromatic nitrogens is 2. The van der Waals surface area contributed by atoms with Gasteiger partial charge in [-0.3, -0.25) is 0 Å². The summed E-state index contributed by atoms with van der Waals surface area (Å²) in [6, 6.07) is 6.33. The van der Waals surface area contributed by atoms with Crippen LogP contribution >= 0.6 is 0 Å². The number of aliphatic hydroxyl groups is 1. The minimum atomic E-state index is -1.18. The number of imidazole rings is 1. The summed E-state index contributed by atoms with van der Waals surface area (Å²) in [5.41, 5.74) is -0.851. The van der Waals surface area contributed by atoms with E-state index in [0.717, 1.165) is 5.82 Å². The number of rotatable bonds is 4. The summed E-state index contributed by atoms with van der Waals surface area (Å²) in [5.74, 6) is 0.508. The van der Waals surface area contributed by atoms with Gasteiger partial charge >= 0.3 is 0 Å². The molecule has 1 heterocycles. The topological polar surface area (TPSA) is 38.0 Å². The average Bonchev–Trinajstić information content (AvgIpc) is 2.73. The predicted molar refractivity (Wildman–Crippen MR) is 67.5 cm³/mol. The summed E-state index contributed by atoms with van der Waals surface area (Å²) in [4.78, 5) is 4.19. The molecule has 18 heavy (non-hydrogen) atoms. The number of nitrogens with zero attached hydrogens (tertiary/aromatic N) is 2. The second-order valence-corrected chi connectivity index (χ2v) is 4.71. The van der Waals surface area contributed by atoms with Crippen molar-refractivity contribution in [3.05, 3.63) is 53.9 Å². The highest BCUT2D eigenvalue weighted by Gasteiger charge is 2.26. The van der Waals surface area contributed by atoms with Crippen LogP contribution in [-0.2, 0) is 19.1 Å². The maximum Gasteiger partial charge on any atom is 0.129 e. The molecule has 0 aliphatic carbocycles. The van der Waals surface area contributed by atoms with Crippen LogP contribution in [0.25, 0.3) is 0 Å². The van der Waals surface area contributed by atoms with Gasteiger partial charge in [0.05, 0.1) is 5.60 Å². The van der Waals surface area contributed by atoms with Crippen molar-refractivity contribution in [2.75, 3.05) is 0 Å². The van der Waals surface area contributed by atoms with Crippen molar-refractivity contribution in [3.63, 3.8) is 0 Å². The van der Waals surface area contributed by atoms with Crippen molar-refractivity contribution in [2.45, 2.75) is 25.4 Å². The normalized spacial score (nSPS) is 14.4. The Balaban J connectivity index is 2.13. The van der Waals surface area contributed by atoms with Gasteiger partial charge in [-0.15, -0.1) is 0 Å². The standard InChI is InChI=1S/C14H17FN2O/c1-14(18,11-5-3-4-6-12(11)15)8-7-13-16-9-10-17(13)2/h3-6,9-10,18H,7-8H2,1-2H3. The van der Waals surface area contributed by atoms with Gasteiger partial charge in [-0.05, 0) is 19.4 Å². The Morgan fingerprint density at radius 3 is 2.72 bits per heavy atom. The molecule has 0 fully saturated rings. The van der Waals surface area contributed by atoms with Crippen molar-refractivity contribution < 1.29 is 9.50 Å². The first-order valence-electron chi connectivity index (χ1n) is 5.94. The zero-order chi connectivity index (χ0) is 13.2. The van der Waals surface area contributed by atoms with Crippen molar-refractivity contribution in [1.82, 2.24) is 9.55 Å². The van der Waals surface area contributed by atoms with Gasteiger partial charge in [-0.1, -0.05) is 18.2 Å². The minimum absolute atomic E-state index is 0.333. The molecule has 1 unspecified atom stereocenters. The number of hydrogen-bond acceptors (Lipinski definition) is 2. The van der Waals surface area contributed by atoms with Gasteiger partial charge in [0, 0.05) is 31.4 Å². The SMILES string of the molecule is Cn1ccnc1CCC(C)(O)c1ccccc1F. The Hall–Kier alpha value is -1.68. The molecule has 1 aromatic carbocycles. The van der Waals surface area contributed by atoms with Crippen LogP contribution in [0.15, 0.2) is 36.7 Å². The molecule has 0 saturated carbocycles. The Kier molecular flexibility index (Phi) is 3.48. The largest absolute Gasteiger partial charge is 0.385 e. The molecule has 0 aliphatic rings. The first-order chi connectivity index (χ1) is 8.50. The van der Waals surface area contributed by atoms with Crippen LogP contribution in [0.1, 0.15) is 24.7 Å². The quantitative estimate of drug-likeness (QED) is 0.902. The van der Waals surface area contributed by atoms with Crippen LogP contribution in [0.3, 0.4) is 0 Å². The summed E-state index contributed by atoms with van der Waals surface area (Å²) in [5, 5.41) is 10.4. The van der Waals surface area contributed by atoms with Crippen molar-refractivity contribution >= 4 is 0 Å². The highest BCUT2D eigenvalue weighted by molar-refractivity contribution is 5.23. The first-order valence-corrected chi connectivity index (χ1v) is 5.94. The molecule has 0 radical (unpaired) electrons. The maximum absolute atomic E-state index is 13.6. The summed E-state index contributed by atoms with van der Waals surface area (Å²) < 4.78 is 15.5. The van der Waals surface area contributed by atoms with E-state index in [1.54, 1.807) is 31.3 Å². The number of aryl methyl sites for hydroxylation is 2. The van der Waals surface area contributed by atoms with Gasteiger partial charge < -0.3 is 9.67 Å². The number of halogens is 1. The van der Waals surface area contributed by atoms with Gasteiger partial charge in [0.2, 0.25) is 0 Å². The molecule has 1 N–H and O–H groups in total. The van der Waals surface area contributed by atoms with Crippen LogP contribution in [0.2, 0.25) is 0 Å². The number of hydrogen-bond donors (Lipinski definition) is 1. The third-order valence-electron chi connectivity index (χ3n) is 3.21. The minimum Gasteiger partial charge on any atom is -0.385 e. The molecule has 0 spiro atoms. The fraction of sp³-hybridized carbons (Fsp3) is 0.357. The molecule has 2 rings (SSSR count). The van der Waals surface area contributed by atoms with Crippen LogP contribution in [0, 0.1) is 5.82 Å². The molecular weight excluding hydrogens is 231 g/mol. The molecule has 0 amide bonds. The van der Waals surface area contributed by atoms with Crippen LogP contribution < -0.4 is 0 Å². The summed E-state index contributed by atoms with van der Waals surface area (Å²) in [7, 11) is 1.90. The third-order valence-corrected chi connectivity index (χ3v) is 3.21. The fourth-order valence-electron chi connectivity index (χ4n) is 2.03. The monoisotopic (exact) mass is 248 g/mol. The molecular formula is C14H17FN2O. The first kappa shape index (κ1) is 12.8. The van der Waals surface area contributed by atoms with E-state index in [1.165, 1.54) is 6.07 Å². The van der Waals surface area contributed by atoms with E-state index in [1.807, 2.05) is 17.8 Å². The van der Waals surface area contributed by atoms with Gasteiger partial charge in [0.1, 0.15) is 11.6 Å². The molecule has 0 aliphatic heterocycles. The second-order valence-electron chi connectivity index (χ2n) is 4.71. The summed E-state index contributed by atoms with van der Waals surface area (Å²) in [6.45, 7) is 1.63. The molecule has 0 bridgehead atoms. The lowest BCUT2D eigenvalue weighted by atomic mass is 9.90. The van der Waals surface area contributed by atoms with Crippen LogP contribution in [0.4, 0.5) is 4.39 Å². The van der Waals surface area contributed by atoms with Crippen molar-refractivity contribution in [3.8, 4) is 0 Å². The van der Waals surface area contributed by atoms with Crippen LogP contribution in [-0.4, -0.2) is 14.7 Å². The van der Waals surface area contributed by atoms with Crippen LogP contribution in [0.5, 0.6) is 0 Å². The average molecular weight is 248 g/mol. The van der Waals surface area contributed by atoms with Gasteiger partial charge in [-0.25, -0.2) is 9.37 Å². The summed E-state index contributed by atoms with van der Waals surface area (Å²) >= 11 is 0. The van der Waals surface area contributed by atoms with Crippen molar-refractivity contribution in [2.24, 2.45) is 7.05 Å². The van der Waals surface area contributed by atoms with Crippen molar-refractivity contribution in [1.29, 1.82) is 0 Å². The van der Waals surface area contributed by atoms with E-state index in [9.17, 15) is 9.50 Å². The van der Waals surface area contributed by atoms with E-state index in [0.29, 0.717) is 18.4 Å². The second kappa shape index (κ2) is 4.90. The third kappa shape index (κ3) is 2.59. The highest BCUT2D eigenvalue weighted by Crippen LogP contribution is 2.27. The maximum atomic E-state index is 13.6. The molecule has 0 saturated heterocycles. The van der Waals surface area contributed by atoms with E-state index >= 15 is 0 Å².